The molecule has 0 fully saturated rings. The molecule has 0 spiro atoms. The Balaban J connectivity index is 2.54. The van der Waals surface area contributed by atoms with Gasteiger partial charge in [0.1, 0.15) is 11.5 Å². The molecule has 0 aliphatic rings. The molecule has 1 N–H and O–H groups in total. The van der Waals surface area contributed by atoms with E-state index in [1.807, 2.05) is 12.1 Å². The number of nitrogens with one attached hydrogen (secondary N) is 1. The van der Waals surface area contributed by atoms with E-state index in [2.05, 4.69) is 32.2 Å². The normalized spacial score (nSPS) is 11.4. The Morgan fingerprint density at radius 2 is 1.83 bits per heavy atom. The summed E-state index contributed by atoms with van der Waals surface area (Å²) >= 11 is 0. The fourth-order valence-electron chi connectivity index (χ4n) is 1.82. The Bertz CT molecular complexity index is 369. The Hall–Kier alpha value is -1.22. The molecule has 3 nitrogen and oxygen atoms in total. The fraction of sp³-hybridized carbons (Fsp3) is 0.600. The van der Waals surface area contributed by atoms with Crippen molar-refractivity contribution in [1.82, 2.24) is 5.32 Å². The van der Waals surface area contributed by atoms with Crippen LogP contribution in [0.5, 0.6) is 11.5 Å². The first kappa shape index (κ1) is 14.8. The molecule has 1 rings (SSSR count). The van der Waals surface area contributed by atoms with Gasteiger partial charge in [-0.3, -0.25) is 0 Å². The largest absolute Gasteiger partial charge is 0.497 e. The summed E-state index contributed by atoms with van der Waals surface area (Å²) in [5, 5.41) is 3.49. The number of ether oxygens (including phenoxy) is 2. The first-order valence-electron chi connectivity index (χ1n) is 6.42. The second-order valence-electron chi connectivity index (χ2n) is 5.46. The molecule has 3 heteroatoms. The zero-order chi connectivity index (χ0) is 13.6. The second kappa shape index (κ2) is 6.64. The molecule has 0 aliphatic heterocycles. The van der Waals surface area contributed by atoms with Crippen LogP contribution in [0, 0.1) is 0 Å². The molecule has 1 aromatic carbocycles. The molecule has 0 saturated carbocycles. The highest BCUT2D eigenvalue weighted by Crippen LogP contribution is 2.24. The van der Waals surface area contributed by atoms with E-state index in [1.54, 1.807) is 14.2 Å². The van der Waals surface area contributed by atoms with Crippen molar-refractivity contribution < 1.29 is 9.47 Å². The number of hydrogen-bond donors (Lipinski definition) is 1. The topological polar surface area (TPSA) is 30.5 Å². The van der Waals surface area contributed by atoms with Crippen molar-refractivity contribution in [2.75, 3.05) is 20.8 Å². The molecule has 0 aliphatic carbocycles. The van der Waals surface area contributed by atoms with Crippen LogP contribution < -0.4 is 14.8 Å². The molecule has 1 aromatic rings. The molecular weight excluding hydrogens is 226 g/mol. The van der Waals surface area contributed by atoms with Gasteiger partial charge in [-0.15, -0.1) is 0 Å². The Morgan fingerprint density at radius 3 is 2.39 bits per heavy atom. The van der Waals surface area contributed by atoms with E-state index >= 15 is 0 Å². The summed E-state index contributed by atoms with van der Waals surface area (Å²) in [4.78, 5) is 0. The van der Waals surface area contributed by atoms with Gasteiger partial charge in [-0.1, -0.05) is 0 Å². The van der Waals surface area contributed by atoms with Gasteiger partial charge in [-0.25, -0.2) is 0 Å². The maximum Gasteiger partial charge on any atom is 0.122 e. The van der Waals surface area contributed by atoms with E-state index in [0.717, 1.165) is 30.9 Å². The lowest BCUT2D eigenvalue weighted by Gasteiger charge is -2.20. The summed E-state index contributed by atoms with van der Waals surface area (Å²) in [5.74, 6) is 1.82. The van der Waals surface area contributed by atoms with Gasteiger partial charge in [0.25, 0.3) is 0 Å². The summed E-state index contributed by atoms with van der Waals surface area (Å²) < 4.78 is 10.6. The quantitative estimate of drug-likeness (QED) is 0.788. The van der Waals surface area contributed by atoms with Crippen molar-refractivity contribution in [2.24, 2.45) is 0 Å². The first-order valence-corrected chi connectivity index (χ1v) is 6.42. The van der Waals surface area contributed by atoms with Gasteiger partial charge >= 0.3 is 0 Å². The molecule has 102 valence electrons. The molecule has 0 bridgehead atoms. The number of aryl methyl sites for hydroxylation is 1. The molecule has 0 saturated heterocycles. The first-order chi connectivity index (χ1) is 8.46. The third-order valence-corrected chi connectivity index (χ3v) is 2.77. The van der Waals surface area contributed by atoms with E-state index in [9.17, 15) is 0 Å². The van der Waals surface area contributed by atoms with Crippen LogP contribution in [0.4, 0.5) is 0 Å². The lowest BCUT2D eigenvalue weighted by atomic mass is 10.1. The van der Waals surface area contributed by atoms with E-state index in [-0.39, 0.29) is 5.54 Å². The molecule has 18 heavy (non-hydrogen) atoms. The van der Waals surface area contributed by atoms with Gasteiger partial charge in [0.15, 0.2) is 0 Å². The van der Waals surface area contributed by atoms with Crippen LogP contribution >= 0.6 is 0 Å². The fourth-order valence-corrected chi connectivity index (χ4v) is 1.82. The summed E-state index contributed by atoms with van der Waals surface area (Å²) in [7, 11) is 3.39. The maximum atomic E-state index is 5.37. The smallest absolute Gasteiger partial charge is 0.122 e. The highest BCUT2D eigenvalue weighted by Gasteiger charge is 2.09. The molecule has 0 radical (unpaired) electrons. The lowest BCUT2D eigenvalue weighted by Crippen LogP contribution is -2.36. The van der Waals surface area contributed by atoms with Crippen molar-refractivity contribution in [3.05, 3.63) is 23.8 Å². The van der Waals surface area contributed by atoms with Gasteiger partial charge in [-0.05, 0) is 63.9 Å². The zero-order valence-corrected chi connectivity index (χ0v) is 12.2. The van der Waals surface area contributed by atoms with Gasteiger partial charge in [-0.2, -0.15) is 0 Å². The van der Waals surface area contributed by atoms with E-state index < -0.39 is 0 Å². The molecule has 0 atom stereocenters. The highest BCUT2D eigenvalue weighted by molar-refractivity contribution is 5.40. The van der Waals surface area contributed by atoms with Crippen LogP contribution in [0.25, 0.3) is 0 Å². The van der Waals surface area contributed by atoms with E-state index in [4.69, 9.17) is 9.47 Å². The molecule has 0 amide bonds. The number of rotatable bonds is 6. The van der Waals surface area contributed by atoms with Crippen molar-refractivity contribution in [3.63, 3.8) is 0 Å². The van der Waals surface area contributed by atoms with Crippen LogP contribution in [-0.2, 0) is 6.42 Å². The summed E-state index contributed by atoms with van der Waals surface area (Å²) in [6, 6.07) is 5.94. The minimum Gasteiger partial charge on any atom is -0.497 e. The van der Waals surface area contributed by atoms with Gasteiger partial charge in [0, 0.05) is 5.54 Å². The molecule has 0 unspecified atom stereocenters. The number of benzene rings is 1. The zero-order valence-electron chi connectivity index (χ0n) is 12.2. The second-order valence-corrected chi connectivity index (χ2v) is 5.46. The highest BCUT2D eigenvalue weighted by atomic mass is 16.5. The van der Waals surface area contributed by atoms with Gasteiger partial charge < -0.3 is 14.8 Å². The average molecular weight is 251 g/mol. The van der Waals surface area contributed by atoms with Crippen molar-refractivity contribution in [2.45, 2.75) is 39.2 Å². The molecular formula is C15H25NO2. The minimum absolute atomic E-state index is 0.179. The monoisotopic (exact) mass is 251 g/mol. The van der Waals surface area contributed by atoms with Crippen LogP contribution in [0.15, 0.2) is 18.2 Å². The van der Waals surface area contributed by atoms with Crippen LogP contribution in [0.2, 0.25) is 0 Å². The summed E-state index contributed by atoms with van der Waals surface area (Å²) in [6.45, 7) is 7.54. The Kier molecular flexibility index (Phi) is 5.48. The predicted molar refractivity (Wildman–Crippen MR) is 75.6 cm³/mol. The maximum absolute atomic E-state index is 5.37. The lowest BCUT2D eigenvalue weighted by molar-refractivity contribution is 0.395. The molecule has 0 heterocycles. The number of hydrogen-bond acceptors (Lipinski definition) is 3. The van der Waals surface area contributed by atoms with Crippen molar-refractivity contribution >= 4 is 0 Å². The predicted octanol–water partition coefficient (Wildman–Crippen LogP) is 3.02. The van der Waals surface area contributed by atoms with Gasteiger partial charge in [0.05, 0.1) is 14.2 Å². The van der Waals surface area contributed by atoms with Gasteiger partial charge in [0.2, 0.25) is 0 Å². The van der Waals surface area contributed by atoms with Crippen molar-refractivity contribution in [1.29, 1.82) is 0 Å². The Labute approximate surface area is 110 Å². The Morgan fingerprint density at radius 1 is 1.11 bits per heavy atom. The van der Waals surface area contributed by atoms with Crippen LogP contribution in [-0.4, -0.2) is 26.3 Å². The average Bonchev–Trinajstić information content (AvgIpc) is 2.33. The SMILES string of the molecule is COc1ccc(OC)c(CCCNC(C)(C)C)c1. The van der Waals surface area contributed by atoms with E-state index in [0.29, 0.717) is 0 Å². The third-order valence-electron chi connectivity index (χ3n) is 2.77. The number of methoxy groups -OCH3 is 2. The van der Waals surface area contributed by atoms with Crippen molar-refractivity contribution in [3.8, 4) is 11.5 Å². The summed E-state index contributed by atoms with van der Waals surface area (Å²) in [6.07, 6.45) is 2.07. The van der Waals surface area contributed by atoms with Crippen LogP contribution in [0.3, 0.4) is 0 Å². The third kappa shape index (κ3) is 4.96. The van der Waals surface area contributed by atoms with Crippen LogP contribution in [0.1, 0.15) is 32.8 Å². The minimum atomic E-state index is 0.179. The molecule has 0 aromatic heterocycles. The standard InChI is InChI=1S/C15H25NO2/c1-15(2,3)16-10-6-7-12-11-13(17-4)8-9-14(12)18-5/h8-9,11,16H,6-7,10H2,1-5H3. The van der Waals surface area contributed by atoms with E-state index in [1.165, 1.54) is 5.56 Å². The summed E-state index contributed by atoms with van der Waals surface area (Å²) in [5.41, 5.74) is 1.38.